The molecular weight excluding hydrogens is 332 g/mol. The Morgan fingerprint density at radius 1 is 1.29 bits per heavy atom. The number of nitrogens with one attached hydrogen (secondary N) is 1. The number of aliphatic imine (C=N–C) groups is 1. The van der Waals surface area contributed by atoms with Gasteiger partial charge in [0.2, 0.25) is 5.91 Å². The number of guanidine groups is 1. The largest absolute Gasteiger partial charge is 0.370 e. The van der Waals surface area contributed by atoms with Gasteiger partial charge >= 0.3 is 0 Å². The number of nitrogens with two attached hydrogens (primary N) is 1. The number of likely N-dealkylation sites (tertiary alicyclic amines) is 1. The van der Waals surface area contributed by atoms with Gasteiger partial charge in [0, 0.05) is 23.2 Å². The van der Waals surface area contributed by atoms with Crippen molar-refractivity contribution in [1.29, 1.82) is 0 Å². The van der Waals surface area contributed by atoms with Crippen molar-refractivity contribution in [2.24, 2.45) is 10.7 Å². The maximum Gasteiger partial charge on any atom is 0.246 e. The minimum atomic E-state index is -0.161. The van der Waals surface area contributed by atoms with Crippen LogP contribution in [-0.2, 0) is 4.79 Å². The predicted molar refractivity (Wildman–Crippen MR) is 89.3 cm³/mol. The van der Waals surface area contributed by atoms with Crippen LogP contribution in [0, 0.1) is 0 Å². The highest BCUT2D eigenvalue weighted by atomic mass is 79.9. The van der Waals surface area contributed by atoms with E-state index in [1.54, 1.807) is 0 Å². The van der Waals surface area contributed by atoms with Crippen LogP contribution in [0.4, 0.5) is 5.69 Å². The Morgan fingerprint density at radius 3 is 2.67 bits per heavy atom. The molecule has 0 radical (unpaired) electrons. The fourth-order valence-corrected chi connectivity index (χ4v) is 2.72. The highest BCUT2D eigenvalue weighted by Gasteiger charge is 2.11. The summed E-state index contributed by atoms with van der Waals surface area (Å²) in [5.74, 6) is 0.312. The second-order valence-electron chi connectivity index (χ2n) is 5.13. The number of halogens is 1. The number of rotatable bonds is 3. The Morgan fingerprint density at radius 2 is 2.00 bits per heavy atom. The van der Waals surface area contributed by atoms with Gasteiger partial charge in [-0.3, -0.25) is 4.79 Å². The van der Waals surface area contributed by atoms with Gasteiger partial charge in [-0.25, -0.2) is 4.99 Å². The summed E-state index contributed by atoms with van der Waals surface area (Å²) in [7, 11) is 0. The minimum absolute atomic E-state index is 0.0504. The summed E-state index contributed by atoms with van der Waals surface area (Å²) in [6.45, 7) is 1.92. The average molecular weight is 353 g/mol. The molecule has 0 unspecified atom stereocenters. The molecule has 3 N–H and O–H groups in total. The minimum Gasteiger partial charge on any atom is -0.370 e. The Balaban J connectivity index is 1.85. The van der Waals surface area contributed by atoms with Gasteiger partial charge in [-0.1, -0.05) is 34.8 Å². The molecule has 0 spiro atoms. The second kappa shape index (κ2) is 8.02. The lowest BCUT2D eigenvalue weighted by Gasteiger charge is -2.20. The van der Waals surface area contributed by atoms with Crippen molar-refractivity contribution < 1.29 is 4.79 Å². The van der Waals surface area contributed by atoms with Gasteiger partial charge in [0.25, 0.3) is 0 Å². The van der Waals surface area contributed by atoms with Gasteiger partial charge in [0.15, 0.2) is 5.96 Å². The Bertz CT molecular complexity index is 510. The van der Waals surface area contributed by atoms with Crippen molar-refractivity contribution in [3.63, 3.8) is 0 Å². The first-order chi connectivity index (χ1) is 10.1. The van der Waals surface area contributed by atoms with Gasteiger partial charge in [-0.05, 0) is 31.0 Å². The van der Waals surface area contributed by atoms with E-state index in [-0.39, 0.29) is 12.5 Å². The number of carbonyl (C=O) groups is 1. The molecule has 1 aromatic rings. The summed E-state index contributed by atoms with van der Waals surface area (Å²) in [5.41, 5.74) is 6.72. The van der Waals surface area contributed by atoms with Crippen LogP contribution in [0.3, 0.4) is 0 Å². The number of carbonyl (C=O) groups excluding carboxylic acids is 1. The van der Waals surface area contributed by atoms with E-state index in [4.69, 9.17) is 5.73 Å². The summed E-state index contributed by atoms with van der Waals surface area (Å²) in [4.78, 5) is 18.1. The van der Waals surface area contributed by atoms with Crippen LogP contribution in [0.15, 0.2) is 33.7 Å². The highest BCUT2D eigenvalue weighted by molar-refractivity contribution is 9.10. The van der Waals surface area contributed by atoms with Crippen LogP contribution in [-0.4, -0.2) is 36.4 Å². The zero-order chi connectivity index (χ0) is 15.1. The van der Waals surface area contributed by atoms with Crippen molar-refractivity contribution in [1.82, 2.24) is 4.90 Å². The van der Waals surface area contributed by atoms with Gasteiger partial charge in [0.1, 0.15) is 6.54 Å². The number of nitrogens with zero attached hydrogens (tertiary/aromatic N) is 2. The lowest BCUT2D eigenvalue weighted by Crippen LogP contribution is -2.38. The van der Waals surface area contributed by atoms with Crippen molar-refractivity contribution in [2.75, 3.05) is 25.0 Å². The number of anilines is 1. The maximum atomic E-state index is 11.9. The molecule has 0 saturated carbocycles. The molecule has 1 heterocycles. The molecule has 1 aromatic carbocycles. The summed E-state index contributed by atoms with van der Waals surface area (Å²) in [6.07, 6.45) is 4.77. The molecule has 21 heavy (non-hydrogen) atoms. The summed E-state index contributed by atoms with van der Waals surface area (Å²) >= 11 is 3.37. The lowest BCUT2D eigenvalue weighted by molar-refractivity contribution is -0.114. The Labute approximate surface area is 133 Å². The number of amides is 1. The Kier molecular flexibility index (Phi) is 6.04. The maximum absolute atomic E-state index is 11.9. The quantitative estimate of drug-likeness (QED) is 0.648. The fraction of sp³-hybridized carbons (Fsp3) is 0.467. The monoisotopic (exact) mass is 352 g/mol. The highest BCUT2D eigenvalue weighted by Crippen LogP contribution is 2.15. The molecule has 114 valence electrons. The summed E-state index contributed by atoms with van der Waals surface area (Å²) in [5, 5.41) is 2.80. The Hall–Kier alpha value is -1.56. The van der Waals surface area contributed by atoms with Crippen molar-refractivity contribution in [3.05, 3.63) is 28.7 Å². The average Bonchev–Trinajstić information content (AvgIpc) is 2.74. The summed E-state index contributed by atoms with van der Waals surface area (Å²) in [6, 6.07) is 7.46. The zero-order valence-corrected chi connectivity index (χ0v) is 13.6. The molecule has 5 nitrogen and oxygen atoms in total. The first-order valence-corrected chi connectivity index (χ1v) is 8.05. The molecule has 1 fully saturated rings. The SMILES string of the molecule is NC(=NCC(=O)Nc1cccc(Br)c1)N1CCCCCC1. The van der Waals surface area contributed by atoms with Crippen LogP contribution < -0.4 is 11.1 Å². The first-order valence-electron chi connectivity index (χ1n) is 7.25. The van der Waals surface area contributed by atoms with Crippen LogP contribution in [0.5, 0.6) is 0 Å². The third-order valence-electron chi connectivity index (χ3n) is 3.42. The fourth-order valence-electron chi connectivity index (χ4n) is 2.32. The number of hydrogen-bond donors (Lipinski definition) is 2. The topological polar surface area (TPSA) is 70.7 Å². The van der Waals surface area contributed by atoms with E-state index in [1.165, 1.54) is 12.8 Å². The third-order valence-corrected chi connectivity index (χ3v) is 3.92. The third kappa shape index (κ3) is 5.38. The number of benzene rings is 1. The van der Waals surface area contributed by atoms with Crippen LogP contribution in [0.2, 0.25) is 0 Å². The van der Waals surface area contributed by atoms with E-state index in [9.17, 15) is 4.79 Å². The second-order valence-corrected chi connectivity index (χ2v) is 6.05. The standard InChI is InChI=1S/C15H21BrN4O/c16-12-6-5-7-13(10-12)19-14(21)11-18-15(17)20-8-3-1-2-4-9-20/h5-7,10H,1-4,8-9,11H2,(H2,17,18)(H,19,21). The normalized spacial score (nSPS) is 16.4. The van der Waals surface area contributed by atoms with Gasteiger partial charge in [-0.2, -0.15) is 0 Å². The van der Waals surface area contributed by atoms with Crippen molar-refractivity contribution >= 4 is 33.5 Å². The molecule has 1 aliphatic rings. The molecule has 1 aliphatic heterocycles. The van der Waals surface area contributed by atoms with Crippen molar-refractivity contribution in [3.8, 4) is 0 Å². The van der Waals surface area contributed by atoms with Crippen LogP contribution in [0.1, 0.15) is 25.7 Å². The lowest BCUT2D eigenvalue weighted by atomic mass is 10.2. The molecule has 6 heteroatoms. The van der Waals surface area contributed by atoms with Gasteiger partial charge in [-0.15, -0.1) is 0 Å². The van der Waals surface area contributed by atoms with Gasteiger partial charge in [0.05, 0.1) is 0 Å². The van der Waals surface area contributed by atoms with Crippen molar-refractivity contribution in [2.45, 2.75) is 25.7 Å². The smallest absolute Gasteiger partial charge is 0.246 e. The number of hydrogen-bond acceptors (Lipinski definition) is 2. The van der Waals surface area contributed by atoms with E-state index >= 15 is 0 Å². The molecular formula is C15H21BrN4O. The first kappa shape index (κ1) is 15.8. The van der Waals surface area contributed by atoms with E-state index < -0.39 is 0 Å². The van der Waals surface area contributed by atoms with Crippen LogP contribution >= 0.6 is 15.9 Å². The molecule has 0 aromatic heterocycles. The molecule has 1 saturated heterocycles. The summed E-state index contributed by atoms with van der Waals surface area (Å²) < 4.78 is 0.924. The van der Waals surface area contributed by atoms with E-state index in [0.29, 0.717) is 5.96 Å². The van der Waals surface area contributed by atoms with Crippen LogP contribution in [0.25, 0.3) is 0 Å². The zero-order valence-electron chi connectivity index (χ0n) is 12.0. The molecule has 1 amide bonds. The predicted octanol–water partition coefficient (Wildman–Crippen LogP) is 2.58. The molecule has 0 aliphatic carbocycles. The van der Waals surface area contributed by atoms with E-state index in [1.807, 2.05) is 24.3 Å². The molecule has 0 atom stereocenters. The molecule has 2 rings (SSSR count). The molecule has 0 bridgehead atoms. The van der Waals surface area contributed by atoms with Gasteiger partial charge < -0.3 is 16.0 Å². The van der Waals surface area contributed by atoms with E-state index in [2.05, 4.69) is 31.1 Å². The van der Waals surface area contributed by atoms with E-state index in [0.717, 1.165) is 36.1 Å².